The van der Waals surface area contributed by atoms with Crippen molar-refractivity contribution in [3.63, 3.8) is 0 Å². The van der Waals surface area contributed by atoms with Gasteiger partial charge in [0.15, 0.2) is 0 Å². The summed E-state index contributed by atoms with van der Waals surface area (Å²) in [5.74, 6) is 0.907. The fourth-order valence-electron chi connectivity index (χ4n) is 1.53. The third-order valence-electron chi connectivity index (χ3n) is 2.30. The summed E-state index contributed by atoms with van der Waals surface area (Å²) >= 11 is 0. The summed E-state index contributed by atoms with van der Waals surface area (Å²) in [7, 11) is 0. The molecule has 1 atom stereocenters. The Balaban J connectivity index is 2.27. The fraction of sp³-hybridized carbons (Fsp3) is 0.700. The van der Waals surface area contributed by atoms with Gasteiger partial charge in [-0.25, -0.2) is 0 Å². The zero-order chi connectivity index (χ0) is 7.23. The Kier molecular flexibility index (Phi) is 3.56. The zero-order valence-corrected chi connectivity index (χ0v) is 6.68. The van der Waals surface area contributed by atoms with Gasteiger partial charge in [-0.1, -0.05) is 31.9 Å². The molecular weight excluding hydrogens is 120 g/mol. The topological polar surface area (TPSA) is 0 Å². The molecule has 57 valence electrons. The molecule has 0 aromatic rings. The summed E-state index contributed by atoms with van der Waals surface area (Å²) < 4.78 is 0. The van der Waals surface area contributed by atoms with E-state index in [9.17, 15) is 0 Å². The summed E-state index contributed by atoms with van der Waals surface area (Å²) in [4.78, 5) is 0. The molecule has 0 aromatic carbocycles. The molecule has 0 heteroatoms. The molecule has 1 rings (SSSR count). The highest BCUT2D eigenvalue weighted by Gasteiger charge is 2.05. The Bertz CT molecular complexity index is 103. The van der Waals surface area contributed by atoms with Crippen LogP contribution in [0, 0.1) is 12.8 Å². The molecule has 0 saturated carbocycles. The van der Waals surface area contributed by atoms with Crippen LogP contribution in [0.4, 0.5) is 0 Å². The van der Waals surface area contributed by atoms with E-state index in [2.05, 4.69) is 19.1 Å². The van der Waals surface area contributed by atoms with Crippen LogP contribution in [-0.4, -0.2) is 0 Å². The van der Waals surface area contributed by atoms with E-state index in [0.29, 0.717) is 0 Å². The van der Waals surface area contributed by atoms with Gasteiger partial charge in [0.25, 0.3) is 0 Å². The molecule has 0 amide bonds. The Morgan fingerprint density at radius 3 is 2.80 bits per heavy atom. The van der Waals surface area contributed by atoms with Gasteiger partial charge in [0.05, 0.1) is 0 Å². The molecular formula is C10H17. The maximum atomic E-state index is 3.96. The van der Waals surface area contributed by atoms with Crippen LogP contribution in [0.2, 0.25) is 0 Å². The van der Waals surface area contributed by atoms with Crippen molar-refractivity contribution in [2.75, 3.05) is 0 Å². The average Bonchev–Trinajstić information content (AvgIpc) is 1.87. The number of hydrogen-bond acceptors (Lipinski definition) is 0. The SMILES string of the molecule is [CH2]CC1CCC=CCCC1. The van der Waals surface area contributed by atoms with E-state index >= 15 is 0 Å². The van der Waals surface area contributed by atoms with Gasteiger partial charge in [-0.05, 0) is 31.6 Å². The molecule has 1 radical (unpaired) electrons. The van der Waals surface area contributed by atoms with Gasteiger partial charge >= 0.3 is 0 Å². The molecule has 1 aliphatic rings. The molecule has 0 saturated heterocycles. The highest BCUT2D eigenvalue weighted by Crippen LogP contribution is 2.20. The normalized spacial score (nSPS) is 27.5. The lowest BCUT2D eigenvalue weighted by Gasteiger charge is -2.14. The molecule has 10 heavy (non-hydrogen) atoms. The quantitative estimate of drug-likeness (QED) is 0.486. The molecule has 0 nitrogen and oxygen atoms in total. The molecule has 0 heterocycles. The Morgan fingerprint density at radius 2 is 2.00 bits per heavy atom. The van der Waals surface area contributed by atoms with Crippen molar-refractivity contribution in [1.29, 1.82) is 0 Å². The predicted octanol–water partition coefficient (Wildman–Crippen LogP) is 3.35. The monoisotopic (exact) mass is 137 g/mol. The van der Waals surface area contributed by atoms with Crippen LogP contribution in [0.5, 0.6) is 0 Å². The second-order valence-electron chi connectivity index (χ2n) is 3.13. The minimum atomic E-state index is 0.907. The summed E-state index contributed by atoms with van der Waals surface area (Å²) in [5.41, 5.74) is 0. The average molecular weight is 137 g/mol. The van der Waals surface area contributed by atoms with E-state index in [-0.39, 0.29) is 0 Å². The van der Waals surface area contributed by atoms with Gasteiger partial charge in [0, 0.05) is 0 Å². The molecule has 0 bridgehead atoms. The van der Waals surface area contributed by atoms with Crippen LogP contribution in [0.3, 0.4) is 0 Å². The molecule has 0 aromatic heterocycles. The molecule has 1 aliphatic carbocycles. The molecule has 1 unspecified atom stereocenters. The predicted molar refractivity (Wildman–Crippen MR) is 45.7 cm³/mol. The number of hydrogen-bond donors (Lipinski definition) is 0. The smallest absolute Gasteiger partial charge is 0.0348 e. The van der Waals surface area contributed by atoms with Gasteiger partial charge in [-0.3, -0.25) is 0 Å². The molecule has 0 aliphatic heterocycles. The Labute approximate surface area is 64.3 Å². The van der Waals surface area contributed by atoms with Gasteiger partial charge in [0.2, 0.25) is 0 Å². The summed E-state index contributed by atoms with van der Waals surface area (Å²) in [6.07, 6.45) is 12.5. The summed E-state index contributed by atoms with van der Waals surface area (Å²) in [6, 6.07) is 0. The van der Waals surface area contributed by atoms with E-state index in [1.807, 2.05) is 0 Å². The van der Waals surface area contributed by atoms with E-state index in [1.54, 1.807) is 0 Å². The van der Waals surface area contributed by atoms with Crippen molar-refractivity contribution in [2.24, 2.45) is 5.92 Å². The number of rotatable bonds is 1. The summed E-state index contributed by atoms with van der Waals surface area (Å²) in [5, 5.41) is 0. The summed E-state index contributed by atoms with van der Waals surface area (Å²) in [6.45, 7) is 3.96. The molecule has 0 N–H and O–H groups in total. The van der Waals surface area contributed by atoms with Crippen molar-refractivity contribution >= 4 is 0 Å². The zero-order valence-electron chi connectivity index (χ0n) is 6.68. The van der Waals surface area contributed by atoms with Crippen molar-refractivity contribution < 1.29 is 0 Å². The van der Waals surface area contributed by atoms with E-state index in [4.69, 9.17) is 0 Å². The van der Waals surface area contributed by atoms with Crippen LogP contribution < -0.4 is 0 Å². The van der Waals surface area contributed by atoms with Crippen LogP contribution in [-0.2, 0) is 0 Å². The maximum Gasteiger partial charge on any atom is -0.0348 e. The first-order valence-electron chi connectivity index (χ1n) is 4.37. The van der Waals surface area contributed by atoms with Gasteiger partial charge in [0.1, 0.15) is 0 Å². The van der Waals surface area contributed by atoms with E-state index < -0.39 is 0 Å². The van der Waals surface area contributed by atoms with Gasteiger partial charge < -0.3 is 0 Å². The van der Waals surface area contributed by atoms with E-state index in [0.717, 1.165) is 12.3 Å². The minimum absolute atomic E-state index is 0.907. The second-order valence-corrected chi connectivity index (χ2v) is 3.13. The third-order valence-corrected chi connectivity index (χ3v) is 2.30. The largest absolute Gasteiger partial charge is 0.0885 e. The first-order chi connectivity index (χ1) is 4.93. The lowest BCUT2D eigenvalue weighted by Crippen LogP contribution is -1.99. The van der Waals surface area contributed by atoms with Gasteiger partial charge in [-0.15, -0.1) is 0 Å². The Hall–Kier alpha value is -0.260. The standard InChI is InChI=1S/C10H17/c1-2-10-8-6-4-3-5-7-9-10/h3-4,10H,1-2,5-9H2. The molecule has 0 fully saturated rings. The first-order valence-corrected chi connectivity index (χ1v) is 4.37. The van der Waals surface area contributed by atoms with Gasteiger partial charge in [-0.2, -0.15) is 0 Å². The highest BCUT2D eigenvalue weighted by atomic mass is 14.1. The van der Waals surface area contributed by atoms with Crippen LogP contribution >= 0.6 is 0 Å². The van der Waals surface area contributed by atoms with Crippen molar-refractivity contribution in [3.8, 4) is 0 Å². The molecule has 0 spiro atoms. The van der Waals surface area contributed by atoms with Crippen LogP contribution in [0.1, 0.15) is 38.5 Å². The fourth-order valence-corrected chi connectivity index (χ4v) is 1.53. The van der Waals surface area contributed by atoms with Crippen LogP contribution in [0.25, 0.3) is 0 Å². The van der Waals surface area contributed by atoms with Crippen LogP contribution in [0.15, 0.2) is 12.2 Å². The lowest BCUT2D eigenvalue weighted by atomic mass is 9.92. The Morgan fingerprint density at radius 1 is 1.20 bits per heavy atom. The van der Waals surface area contributed by atoms with E-state index in [1.165, 1.54) is 32.1 Å². The second kappa shape index (κ2) is 4.54. The maximum absolute atomic E-state index is 3.96. The van der Waals surface area contributed by atoms with Crippen molar-refractivity contribution in [2.45, 2.75) is 38.5 Å². The number of allylic oxidation sites excluding steroid dienone is 2. The first kappa shape index (κ1) is 7.84. The third kappa shape index (κ3) is 2.55. The minimum Gasteiger partial charge on any atom is -0.0885 e. The van der Waals surface area contributed by atoms with Crippen molar-refractivity contribution in [3.05, 3.63) is 19.1 Å². The lowest BCUT2D eigenvalue weighted by molar-refractivity contribution is 0.439. The van der Waals surface area contributed by atoms with Crippen molar-refractivity contribution in [1.82, 2.24) is 0 Å². The highest BCUT2D eigenvalue weighted by molar-refractivity contribution is 4.84.